The van der Waals surface area contributed by atoms with E-state index in [0.717, 1.165) is 30.6 Å². The molecule has 0 bridgehead atoms. The minimum atomic E-state index is 0.436. The summed E-state index contributed by atoms with van der Waals surface area (Å²) < 4.78 is 0. The molecule has 1 aromatic heterocycles. The minimum absolute atomic E-state index is 0.436. The molecule has 1 aromatic rings. The fourth-order valence-electron chi connectivity index (χ4n) is 1.97. The van der Waals surface area contributed by atoms with Crippen LogP contribution in [0.25, 0.3) is 0 Å². The number of nitrogens with one attached hydrogen (secondary N) is 2. The molecule has 0 aromatic carbocycles. The molecule has 0 amide bonds. The highest BCUT2D eigenvalue weighted by Gasteiger charge is 2.12. The Labute approximate surface area is 111 Å². The van der Waals surface area contributed by atoms with Crippen LogP contribution in [0.5, 0.6) is 0 Å². The van der Waals surface area contributed by atoms with Crippen molar-refractivity contribution in [2.45, 2.75) is 53.0 Å². The van der Waals surface area contributed by atoms with Gasteiger partial charge in [-0.3, -0.25) is 0 Å². The van der Waals surface area contributed by atoms with Crippen LogP contribution in [0.15, 0.2) is 18.3 Å². The number of anilines is 1. The number of nitrogens with zero attached hydrogens (tertiary/aromatic N) is 1. The normalized spacial score (nSPS) is 11.0. The molecule has 0 spiro atoms. The molecule has 1 rings (SSSR count). The van der Waals surface area contributed by atoms with Crippen molar-refractivity contribution >= 4 is 11.5 Å². The van der Waals surface area contributed by atoms with Gasteiger partial charge in [0.15, 0.2) is 0 Å². The molecule has 0 unspecified atom stereocenters. The minimum Gasteiger partial charge on any atom is -0.367 e. The summed E-state index contributed by atoms with van der Waals surface area (Å²) in [6.07, 6.45) is 4.73. The average Bonchev–Trinajstić information content (AvgIpc) is 2.35. The fourth-order valence-corrected chi connectivity index (χ4v) is 1.97. The molecule has 0 saturated heterocycles. The molecule has 0 radical (unpaired) electrons. The van der Waals surface area contributed by atoms with Crippen LogP contribution in [0, 0.1) is 11.3 Å². The van der Waals surface area contributed by atoms with E-state index in [-0.39, 0.29) is 0 Å². The predicted octanol–water partition coefficient (Wildman–Crippen LogP) is 4.10. The van der Waals surface area contributed by atoms with E-state index in [0.29, 0.717) is 17.7 Å². The summed E-state index contributed by atoms with van der Waals surface area (Å²) in [5.41, 5.74) is 1.62. The van der Waals surface area contributed by atoms with Gasteiger partial charge in [-0.2, -0.15) is 0 Å². The molecule has 0 aliphatic heterocycles. The molecule has 3 nitrogen and oxygen atoms in total. The van der Waals surface area contributed by atoms with Crippen molar-refractivity contribution in [3.8, 4) is 0 Å². The van der Waals surface area contributed by atoms with Crippen molar-refractivity contribution in [1.82, 2.24) is 4.98 Å². The van der Waals surface area contributed by atoms with E-state index in [1.807, 2.05) is 12.1 Å². The van der Waals surface area contributed by atoms with E-state index in [1.54, 1.807) is 6.20 Å². The van der Waals surface area contributed by atoms with Crippen LogP contribution in [-0.2, 0) is 0 Å². The Balaban J connectivity index is 2.88. The van der Waals surface area contributed by atoms with Crippen LogP contribution < -0.4 is 5.32 Å². The maximum atomic E-state index is 8.18. The zero-order chi connectivity index (χ0) is 13.5. The largest absolute Gasteiger partial charge is 0.367 e. The Morgan fingerprint density at radius 3 is 2.56 bits per heavy atom. The van der Waals surface area contributed by atoms with Gasteiger partial charge in [0.2, 0.25) is 0 Å². The molecule has 0 saturated carbocycles. The van der Waals surface area contributed by atoms with Crippen LogP contribution in [0.1, 0.15) is 52.5 Å². The van der Waals surface area contributed by atoms with Crippen LogP contribution in [0.2, 0.25) is 0 Å². The molecule has 100 valence electrons. The zero-order valence-corrected chi connectivity index (χ0v) is 12.0. The Bertz CT molecular complexity index is 381. The van der Waals surface area contributed by atoms with Gasteiger partial charge in [0, 0.05) is 23.5 Å². The first-order valence-corrected chi connectivity index (χ1v) is 6.87. The van der Waals surface area contributed by atoms with Gasteiger partial charge >= 0.3 is 0 Å². The number of rotatable bonds is 7. The Morgan fingerprint density at radius 2 is 2.00 bits per heavy atom. The molecular weight excluding hydrogens is 222 g/mol. The molecule has 18 heavy (non-hydrogen) atoms. The molecule has 1 heterocycles. The fraction of sp³-hybridized carbons (Fsp3) is 0.600. The van der Waals surface area contributed by atoms with Crippen LogP contribution in [0.4, 0.5) is 5.82 Å². The van der Waals surface area contributed by atoms with Crippen molar-refractivity contribution in [2.75, 3.05) is 5.32 Å². The SMILES string of the molecule is CCC(CC)Nc1ncccc1C(=N)CC(C)C. The Morgan fingerprint density at radius 1 is 1.33 bits per heavy atom. The summed E-state index contributed by atoms with van der Waals surface area (Å²) in [5, 5.41) is 11.6. The Kier molecular flexibility index (Phi) is 5.83. The van der Waals surface area contributed by atoms with Crippen LogP contribution >= 0.6 is 0 Å². The van der Waals surface area contributed by atoms with E-state index in [2.05, 4.69) is 38.0 Å². The quantitative estimate of drug-likeness (QED) is 0.713. The van der Waals surface area contributed by atoms with Crippen LogP contribution in [0.3, 0.4) is 0 Å². The second-order valence-corrected chi connectivity index (χ2v) is 5.13. The lowest BCUT2D eigenvalue weighted by Gasteiger charge is -2.18. The first-order chi connectivity index (χ1) is 8.58. The third-order valence-electron chi connectivity index (χ3n) is 3.07. The number of hydrogen-bond donors (Lipinski definition) is 2. The molecule has 0 atom stereocenters. The highest BCUT2D eigenvalue weighted by molar-refractivity contribution is 6.02. The van der Waals surface area contributed by atoms with E-state index in [1.165, 1.54) is 0 Å². The van der Waals surface area contributed by atoms with Gasteiger partial charge in [0.05, 0.1) is 0 Å². The smallest absolute Gasteiger partial charge is 0.135 e. The van der Waals surface area contributed by atoms with Gasteiger partial charge in [-0.1, -0.05) is 27.7 Å². The van der Waals surface area contributed by atoms with Gasteiger partial charge in [-0.15, -0.1) is 0 Å². The molecule has 0 aliphatic rings. The van der Waals surface area contributed by atoms with Crippen LogP contribution in [-0.4, -0.2) is 16.7 Å². The maximum absolute atomic E-state index is 8.18. The summed E-state index contributed by atoms with van der Waals surface area (Å²) in [5.74, 6) is 1.36. The lowest BCUT2D eigenvalue weighted by molar-refractivity contribution is 0.667. The van der Waals surface area contributed by atoms with Crippen molar-refractivity contribution < 1.29 is 0 Å². The summed E-state index contributed by atoms with van der Waals surface area (Å²) in [6.45, 7) is 8.62. The van der Waals surface area contributed by atoms with E-state index in [4.69, 9.17) is 5.41 Å². The summed E-state index contributed by atoms with van der Waals surface area (Å²) >= 11 is 0. The molecule has 3 heteroatoms. The molecule has 2 N–H and O–H groups in total. The van der Waals surface area contributed by atoms with Gasteiger partial charge in [0.25, 0.3) is 0 Å². The monoisotopic (exact) mass is 247 g/mol. The molecule has 0 aliphatic carbocycles. The van der Waals surface area contributed by atoms with Crippen molar-refractivity contribution in [1.29, 1.82) is 5.41 Å². The highest BCUT2D eigenvalue weighted by Crippen LogP contribution is 2.18. The van der Waals surface area contributed by atoms with Crippen molar-refractivity contribution in [3.63, 3.8) is 0 Å². The second kappa shape index (κ2) is 7.14. The van der Waals surface area contributed by atoms with E-state index in [9.17, 15) is 0 Å². The Hall–Kier alpha value is -1.38. The topological polar surface area (TPSA) is 48.8 Å². The third kappa shape index (κ3) is 4.13. The lowest BCUT2D eigenvalue weighted by atomic mass is 10.0. The van der Waals surface area contributed by atoms with E-state index >= 15 is 0 Å². The zero-order valence-electron chi connectivity index (χ0n) is 12.0. The standard InChI is InChI=1S/C15H25N3/c1-5-12(6-2)18-15-13(8-7-9-17-15)14(16)10-11(3)4/h7-9,11-12,16H,5-6,10H2,1-4H3,(H,17,18). The number of aromatic nitrogens is 1. The van der Waals surface area contributed by atoms with Crippen molar-refractivity contribution in [3.05, 3.63) is 23.9 Å². The second-order valence-electron chi connectivity index (χ2n) is 5.13. The van der Waals surface area contributed by atoms with Gasteiger partial charge in [-0.05, 0) is 37.3 Å². The summed E-state index contributed by atoms with van der Waals surface area (Å²) in [6, 6.07) is 4.33. The number of hydrogen-bond acceptors (Lipinski definition) is 3. The molecule has 0 fully saturated rings. The van der Waals surface area contributed by atoms with Gasteiger partial charge < -0.3 is 10.7 Å². The average molecular weight is 247 g/mol. The maximum Gasteiger partial charge on any atom is 0.135 e. The number of pyridine rings is 1. The van der Waals surface area contributed by atoms with E-state index < -0.39 is 0 Å². The predicted molar refractivity (Wildman–Crippen MR) is 78.5 cm³/mol. The van der Waals surface area contributed by atoms with Gasteiger partial charge in [-0.25, -0.2) is 4.98 Å². The lowest BCUT2D eigenvalue weighted by Crippen LogP contribution is -2.20. The first kappa shape index (κ1) is 14.7. The van der Waals surface area contributed by atoms with Crippen molar-refractivity contribution in [2.24, 2.45) is 5.92 Å². The third-order valence-corrected chi connectivity index (χ3v) is 3.07. The first-order valence-electron chi connectivity index (χ1n) is 6.87. The summed E-state index contributed by atoms with van der Waals surface area (Å²) in [7, 11) is 0. The molecular formula is C15H25N3. The van der Waals surface area contributed by atoms with Gasteiger partial charge in [0.1, 0.15) is 5.82 Å². The highest BCUT2D eigenvalue weighted by atomic mass is 15.0. The summed E-state index contributed by atoms with van der Waals surface area (Å²) in [4.78, 5) is 4.39.